The molecule has 1 aliphatic rings. The molecule has 0 atom stereocenters. The van der Waals surface area contributed by atoms with Crippen LogP contribution < -0.4 is 9.80 Å². The molecule has 1 aromatic carbocycles. The molecule has 0 aliphatic carbocycles. The van der Waals surface area contributed by atoms with Gasteiger partial charge in [-0.15, -0.1) is 0 Å². The highest BCUT2D eigenvalue weighted by Gasteiger charge is 2.26. The molecule has 2 aromatic heterocycles. The molecule has 0 radical (unpaired) electrons. The molecule has 1 fully saturated rings. The van der Waals surface area contributed by atoms with Crippen LogP contribution >= 0.6 is 15.9 Å². The van der Waals surface area contributed by atoms with Crippen molar-refractivity contribution in [3.05, 3.63) is 47.3 Å². The van der Waals surface area contributed by atoms with E-state index in [4.69, 9.17) is 0 Å². The number of hydrogen-bond donors (Lipinski definition) is 0. The minimum absolute atomic E-state index is 0.0799. The molecule has 1 saturated heterocycles. The third-order valence-corrected chi connectivity index (χ3v) is 4.74. The van der Waals surface area contributed by atoms with E-state index >= 15 is 0 Å². The van der Waals surface area contributed by atoms with Crippen LogP contribution in [0.1, 0.15) is 0 Å². The molecular weight excluding hydrogens is 370 g/mol. The number of nitrogens with zero attached hydrogens (tertiary/aromatic N) is 5. The maximum atomic E-state index is 12.6. The van der Waals surface area contributed by atoms with Gasteiger partial charge in [-0.25, -0.2) is 0 Å². The van der Waals surface area contributed by atoms with Crippen molar-refractivity contribution >= 4 is 44.1 Å². The number of aryl methyl sites for hydroxylation is 1. The van der Waals surface area contributed by atoms with Crippen molar-refractivity contribution in [1.82, 2.24) is 14.8 Å². The summed E-state index contributed by atoms with van der Waals surface area (Å²) in [4.78, 5) is 20.9. The Hall–Kier alpha value is -2.41. The Bertz CT molecular complexity index is 922. The molecule has 0 spiro atoms. The van der Waals surface area contributed by atoms with Crippen LogP contribution in [0.5, 0.6) is 0 Å². The number of pyridine rings is 1. The summed E-state index contributed by atoms with van der Waals surface area (Å²) in [7, 11) is 1.85. The molecule has 1 amide bonds. The van der Waals surface area contributed by atoms with Gasteiger partial charge in [0.1, 0.15) is 0 Å². The van der Waals surface area contributed by atoms with Gasteiger partial charge < -0.3 is 9.80 Å². The van der Waals surface area contributed by atoms with Crippen LogP contribution in [0.15, 0.2) is 47.3 Å². The molecule has 6 nitrogen and oxygen atoms in total. The van der Waals surface area contributed by atoms with Gasteiger partial charge in [-0.1, -0.05) is 15.9 Å². The van der Waals surface area contributed by atoms with E-state index in [-0.39, 0.29) is 5.91 Å². The summed E-state index contributed by atoms with van der Waals surface area (Å²) < 4.78 is 2.71. The zero-order valence-corrected chi connectivity index (χ0v) is 14.8. The number of piperazine rings is 1. The minimum atomic E-state index is 0.0799. The Morgan fingerprint density at radius 2 is 2.08 bits per heavy atom. The smallest absolute Gasteiger partial charge is 0.246 e. The Morgan fingerprint density at radius 3 is 2.83 bits per heavy atom. The molecule has 0 saturated carbocycles. The lowest BCUT2D eigenvalue weighted by molar-refractivity contribution is -0.117. The number of carbonyl (C=O) groups excluding carboxylic acids is 1. The van der Waals surface area contributed by atoms with Crippen LogP contribution in [-0.2, 0) is 11.8 Å². The highest BCUT2D eigenvalue weighted by Crippen LogP contribution is 2.29. The Labute approximate surface area is 147 Å². The summed E-state index contributed by atoms with van der Waals surface area (Å²) in [5.74, 6) is 0.0799. The fraction of sp³-hybridized carbons (Fsp3) is 0.235. The lowest BCUT2D eigenvalue weighted by Gasteiger charge is -2.35. The van der Waals surface area contributed by atoms with Gasteiger partial charge in [0, 0.05) is 48.1 Å². The first-order valence-electron chi connectivity index (χ1n) is 7.70. The zero-order chi connectivity index (χ0) is 16.7. The van der Waals surface area contributed by atoms with Gasteiger partial charge >= 0.3 is 0 Å². The predicted molar refractivity (Wildman–Crippen MR) is 97.2 cm³/mol. The predicted octanol–water partition coefficient (Wildman–Crippen LogP) is 2.58. The SMILES string of the molecule is Cn1cc(N2CCN(c3ccnc4cc(Br)ccc34)CC2=O)cn1. The Balaban J connectivity index is 1.62. The van der Waals surface area contributed by atoms with E-state index in [0.29, 0.717) is 13.1 Å². The first-order valence-corrected chi connectivity index (χ1v) is 8.49. The number of anilines is 2. The van der Waals surface area contributed by atoms with Crippen molar-refractivity contribution in [2.75, 3.05) is 29.4 Å². The molecule has 7 heteroatoms. The molecule has 4 rings (SSSR count). The molecule has 1 aliphatic heterocycles. The molecule has 3 heterocycles. The van der Waals surface area contributed by atoms with E-state index < -0.39 is 0 Å². The van der Waals surface area contributed by atoms with E-state index in [2.05, 4.69) is 30.9 Å². The number of rotatable bonds is 2. The van der Waals surface area contributed by atoms with Crippen molar-refractivity contribution in [1.29, 1.82) is 0 Å². The summed E-state index contributed by atoms with van der Waals surface area (Å²) in [6.45, 7) is 1.77. The van der Waals surface area contributed by atoms with Gasteiger partial charge in [0.25, 0.3) is 0 Å². The standard InChI is InChI=1S/C17H16BrN5O/c1-21-10-13(9-20-21)23-7-6-22(11-17(23)24)16-4-5-19-15-8-12(18)2-3-14(15)16/h2-5,8-10H,6-7,11H2,1H3. The van der Waals surface area contributed by atoms with Gasteiger partial charge in [-0.2, -0.15) is 5.10 Å². The van der Waals surface area contributed by atoms with Crippen molar-refractivity contribution in [2.24, 2.45) is 7.05 Å². The van der Waals surface area contributed by atoms with E-state index in [0.717, 1.165) is 33.3 Å². The van der Waals surface area contributed by atoms with Crippen molar-refractivity contribution < 1.29 is 4.79 Å². The molecule has 122 valence electrons. The van der Waals surface area contributed by atoms with E-state index in [9.17, 15) is 4.79 Å². The largest absolute Gasteiger partial charge is 0.360 e. The van der Waals surface area contributed by atoms with Crippen LogP contribution in [0, 0.1) is 0 Å². The third kappa shape index (κ3) is 2.65. The second-order valence-electron chi connectivity index (χ2n) is 5.83. The number of benzene rings is 1. The summed E-state index contributed by atoms with van der Waals surface area (Å²) in [6, 6.07) is 8.01. The topological polar surface area (TPSA) is 54.3 Å². The van der Waals surface area contributed by atoms with E-state index in [1.165, 1.54) is 0 Å². The number of amides is 1. The molecule has 0 unspecified atom stereocenters. The first kappa shape index (κ1) is 15.1. The summed E-state index contributed by atoms with van der Waals surface area (Å²) in [5.41, 5.74) is 2.82. The Morgan fingerprint density at radius 1 is 1.21 bits per heavy atom. The number of aromatic nitrogens is 3. The first-order chi connectivity index (χ1) is 11.6. The number of carbonyl (C=O) groups is 1. The van der Waals surface area contributed by atoms with Crippen molar-refractivity contribution in [3.8, 4) is 0 Å². The van der Waals surface area contributed by atoms with Gasteiger partial charge in [-0.3, -0.25) is 14.5 Å². The molecule has 0 bridgehead atoms. The second-order valence-corrected chi connectivity index (χ2v) is 6.75. The third-order valence-electron chi connectivity index (χ3n) is 4.25. The second kappa shape index (κ2) is 5.90. The molecule has 24 heavy (non-hydrogen) atoms. The fourth-order valence-corrected chi connectivity index (χ4v) is 3.43. The van der Waals surface area contributed by atoms with E-state index in [1.54, 1.807) is 22.0 Å². The monoisotopic (exact) mass is 385 g/mol. The summed E-state index contributed by atoms with van der Waals surface area (Å²) in [5, 5.41) is 5.21. The fourth-order valence-electron chi connectivity index (χ4n) is 3.08. The highest BCUT2D eigenvalue weighted by atomic mass is 79.9. The lowest BCUT2D eigenvalue weighted by atomic mass is 10.1. The zero-order valence-electron chi connectivity index (χ0n) is 13.2. The van der Waals surface area contributed by atoms with Crippen molar-refractivity contribution in [2.45, 2.75) is 0 Å². The maximum Gasteiger partial charge on any atom is 0.246 e. The van der Waals surface area contributed by atoms with E-state index in [1.807, 2.05) is 37.5 Å². The van der Waals surface area contributed by atoms with Gasteiger partial charge in [0.05, 0.1) is 23.9 Å². The molecular formula is C17H16BrN5O. The quantitative estimate of drug-likeness (QED) is 0.680. The van der Waals surface area contributed by atoms with Gasteiger partial charge in [-0.05, 0) is 24.3 Å². The van der Waals surface area contributed by atoms with Gasteiger partial charge in [0.2, 0.25) is 5.91 Å². The maximum absolute atomic E-state index is 12.6. The minimum Gasteiger partial charge on any atom is -0.360 e. The molecule has 0 N–H and O–H groups in total. The average Bonchev–Trinajstić information content (AvgIpc) is 3.00. The van der Waals surface area contributed by atoms with Crippen LogP contribution in [0.3, 0.4) is 0 Å². The number of halogens is 1. The van der Waals surface area contributed by atoms with Crippen LogP contribution in [0.25, 0.3) is 10.9 Å². The van der Waals surface area contributed by atoms with Crippen molar-refractivity contribution in [3.63, 3.8) is 0 Å². The Kier molecular flexibility index (Phi) is 3.72. The summed E-state index contributed by atoms with van der Waals surface area (Å²) >= 11 is 3.48. The highest BCUT2D eigenvalue weighted by molar-refractivity contribution is 9.10. The molecule has 3 aromatic rings. The number of hydrogen-bond acceptors (Lipinski definition) is 4. The normalized spacial score (nSPS) is 15.3. The van der Waals surface area contributed by atoms with Crippen LogP contribution in [0.2, 0.25) is 0 Å². The lowest BCUT2D eigenvalue weighted by Crippen LogP contribution is -2.50. The van der Waals surface area contributed by atoms with Crippen LogP contribution in [0.4, 0.5) is 11.4 Å². The van der Waals surface area contributed by atoms with Gasteiger partial charge in [0.15, 0.2) is 0 Å². The average molecular weight is 386 g/mol. The summed E-state index contributed by atoms with van der Waals surface area (Å²) in [6.07, 6.45) is 5.39. The number of fused-ring (bicyclic) bond motifs is 1. The van der Waals surface area contributed by atoms with Crippen LogP contribution in [-0.4, -0.2) is 40.3 Å².